The Kier molecular flexibility index (Phi) is 3.49. The number of hydrogen-bond donors (Lipinski definition) is 0. The molecule has 10 heavy (non-hydrogen) atoms. The second-order valence-corrected chi connectivity index (χ2v) is 10.9. The molecular weight excluding hydrogens is 186 g/mol. The van der Waals surface area contributed by atoms with Crippen LogP contribution in [0.5, 0.6) is 0 Å². The molecule has 0 aliphatic heterocycles. The van der Waals surface area contributed by atoms with Gasteiger partial charge in [0, 0.05) is 0 Å². The van der Waals surface area contributed by atoms with E-state index in [0.717, 1.165) is 0 Å². The fraction of sp³-hybridized carbons (Fsp3) is 1.00. The molecule has 0 heterocycles. The summed E-state index contributed by atoms with van der Waals surface area (Å²) in [7, 11) is 0. The van der Waals surface area contributed by atoms with Gasteiger partial charge in [0.25, 0.3) is 0 Å². The third-order valence-corrected chi connectivity index (χ3v) is 7.58. The lowest BCUT2D eigenvalue weighted by molar-refractivity contribution is 0.496. The first-order chi connectivity index (χ1) is 4.19. The van der Waals surface area contributed by atoms with Crippen molar-refractivity contribution in [2.24, 2.45) is 5.92 Å². The normalized spacial score (nSPS) is 14.4. The maximum absolute atomic E-state index is 6.10. The molecule has 0 saturated carbocycles. The van der Waals surface area contributed by atoms with Crippen LogP contribution in [0.25, 0.3) is 0 Å². The highest BCUT2D eigenvalue weighted by Crippen LogP contribution is 2.76. The van der Waals surface area contributed by atoms with Crippen molar-refractivity contribution in [1.29, 1.82) is 0 Å². The maximum Gasteiger partial charge on any atom is 0.214 e. The first kappa shape index (κ1) is 11.0. The van der Waals surface area contributed by atoms with Crippen LogP contribution in [-0.2, 0) is 0 Å². The zero-order valence-corrected chi connectivity index (χ0v) is 9.69. The summed E-state index contributed by atoms with van der Waals surface area (Å²) in [6.07, 6.45) is 0. The maximum atomic E-state index is 6.10. The fourth-order valence-corrected chi connectivity index (χ4v) is 2.53. The molecular formula is C7H16Cl2P+. The largest absolute Gasteiger partial charge is 0.214 e. The zero-order valence-electron chi connectivity index (χ0n) is 7.28. The first-order valence-corrected chi connectivity index (χ1v) is 7.50. The highest BCUT2D eigenvalue weighted by Gasteiger charge is 2.49. The summed E-state index contributed by atoms with van der Waals surface area (Å²) in [5.74, 6) is -1.19. The lowest BCUT2D eigenvalue weighted by atomic mass is 10.00. The van der Waals surface area contributed by atoms with Crippen LogP contribution in [0.15, 0.2) is 0 Å². The van der Waals surface area contributed by atoms with Crippen LogP contribution in [0.2, 0.25) is 0 Å². The lowest BCUT2D eigenvalue weighted by Gasteiger charge is -2.29. The molecule has 0 spiro atoms. The predicted molar refractivity (Wildman–Crippen MR) is 53.5 cm³/mol. The molecule has 3 heteroatoms. The van der Waals surface area contributed by atoms with Gasteiger partial charge in [-0.05, 0) is 19.8 Å². The monoisotopic (exact) mass is 201 g/mol. The Balaban J connectivity index is 4.40. The van der Waals surface area contributed by atoms with Crippen molar-refractivity contribution >= 4 is 28.4 Å². The molecule has 0 aromatic carbocycles. The van der Waals surface area contributed by atoms with Gasteiger partial charge >= 0.3 is 0 Å². The molecule has 0 radical (unpaired) electrons. The standard InChI is InChI=1S/C7H16Cl2P/c1-6(2)7(3,4)10(5,8)9/h6H,1-5H3/q+1. The highest BCUT2D eigenvalue weighted by molar-refractivity contribution is 8.17. The Morgan fingerprint density at radius 3 is 1.50 bits per heavy atom. The Labute approximate surface area is 74.2 Å². The van der Waals surface area contributed by atoms with Gasteiger partial charge in [-0.3, -0.25) is 0 Å². The van der Waals surface area contributed by atoms with Gasteiger partial charge in [-0.15, -0.1) is 0 Å². The Bertz CT molecular complexity index is 113. The van der Waals surface area contributed by atoms with Gasteiger partial charge in [0.15, 0.2) is 0 Å². The van der Waals surface area contributed by atoms with Crippen molar-refractivity contribution in [2.45, 2.75) is 32.9 Å². The summed E-state index contributed by atoms with van der Waals surface area (Å²) < 4.78 is 0. The summed E-state index contributed by atoms with van der Waals surface area (Å²) in [6, 6.07) is 0. The molecule has 0 aromatic rings. The lowest BCUT2D eigenvalue weighted by Crippen LogP contribution is -2.25. The molecule has 0 N–H and O–H groups in total. The fourth-order valence-electron chi connectivity index (χ4n) is 0.453. The van der Waals surface area contributed by atoms with E-state index in [1.54, 1.807) is 0 Å². The van der Waals surface area contributed by atoms with Gasteiger partial charge in [-0.2, -0.15) is 0 Å². The zero-order chi connectivity index (χ0) is 8.58. The van der Waals surface area contributed by atoms with Gasteiger partial charge in [0.05, 0.1) is 6.66 Å². The van der Waals surface area contributed by atoms with Crippen molar-refractivity contribution in [3.8, 4) is 0 Å². The van der Waals surface area contributed by atoms with Gasteiger partial charge in [-0.1, -0.05) is 13.8 Å². The van der Waals surface area contributed by atoms with Crippen LogP contribution >= 0.6 is 28.4 Å². The average molecular weight is 202 g/mol. The minimum Gasteiger partial charge on any atom is -0.0587 e. The average Bonchev–Trinajstić information content (AvgIpc) is 1.62. The van der Waals surface area contributed by atoms with E-state index in [2.05, 4.69) is 27.7 Å². The quantitative estimate of drug-likeness (QED) is 0.583. The molecule has 0 atom stereocenters. The molecule has 0 bridgehead atoms. The summed E-state index contributed by atoms with van der Waals surface area (Å²) in [5.41, 5.74) is 0. The summed E-state index contributed by atoms with van der Waals surface area (Å²) in [4.78, 5) is 0. The highest BCUT2D eigenvalue weighted by atomic mass is 35.9. The summed E-state index contributed by atoms with van der Waals surface area (Å²) in [5, 5.41) is 0.0795. The van der Waals surface area contributed by atoms with Gasteiger partial charge < -0.3 is 0 Å². The molecule has 0 nitrogen and oxygen atoms in total. The van der Waals surface area contributed by atoms with Crippen LogP contribution in [0.4, 0.5) is 0 Å². The van der Waals surface area contributed by atoms with Crippen molar-refractivity contribution in [3.63, 3.8) is 0 Å². The summed E-state index contributed by atoms with van der Waals surface area (Å²) in [6.45, 7) is 10.5. The van der Waals surface area contributed by atoms with Crippen molar-refractivity contribution in [2.75, 3.05) is 6.66 Å². The molecule has 62 valence electrons. The molecule has 0 amide bonds. The van der Waals surface area contributed by atoms with Crippen molar-refractivity contribution < 1.29 is 0 Å². The minimum atomic E-state index is -1.73. The minimum absolute atomic E-state index is 0.0795. The van der Waals surface area contributed by atoms with Crippen LogP contribution in [0.1, 0.15) is 27.7 Å². The Morgan fingerprint density at radius 1 is 1.20 bits per heavy atom. The topological polar surface area (TPSA) is 0 Å². The van der Waals surface area contributed by atoms with E-state index in [4.69, 9.17) is 22.5 Å². The third-order valence-electron chi connectivity index (χ3n) is 2.42. The van der Waals surface area contributed by atoms with E-state index < -0.39 is 5.97 Å². The van der Waals surface area contributed by atoms with Crippen LogP contribution in [0.3, 0.4) is 0 Å². The van der Waals surface area contributed by atoms with E-state index in [1.165, 1.54) is 0 Å². The van der Waals surface area contributed by atoms with E-state index in [-0.39, 0.29) is 5.16 Å². The van der Waals surface area contributed by atoms with Crippen molar-refractivity contribution in [1.82, 2.24) is 0 Å². The van der Waals surface area contributed by atoms with Gasteiger partial charge in [0.1, 0.15) is 27.6 Å². The van der Waals surface area contributed by atoms with Gasteiger partial charge in [0.2, 0.25) is 5.97 Å². The smallest absolute Gasteiger partial charge is 0.0587 e. The number of hydrogen-bond acceptors (Lipinski definition) is 0. The number of halogens is 2. The molecule has 0 aliphatic rings. The molecule has 0 fully saturated rings. The Morgan fingerprint density at radius 2 is 1.50 bits per heavy atom. The van der Waals surface area contributed by atoms with E-state index in [9.17, 15) is 0 Å². The van der Waals surface area contributed by atoms with Crippen molar-refractivity contribution in [3.05, 3.63) is 0 Å². The molecule has 0 aromatic heterocycles. The van der Waals surface area contributed by atoms with Crippen LogP contribution < -0.4 is 0 Å². The number of rotatable bonds is 2. The van der Waals surface area contributed by atoms with E-state index >= 15 is 0 Å². The predicted octanol–water partition coefficient (Wildman–Crippen LogP) is 4.38. The summed E-state index contributed by atoms with van der Waals surface area (Å²) >= 11 is 12.2. The Hall–Kier alpha value is 1.01. The second kappa shape index (κ2) is 3.17. The van der Waals surface area contributed by atoms with Crippen LogP contribution in [-0.4, -0.2) is 11.8 Å². The second-order valence-electron chi connectivity index (χ2n) is 3.60. The van der Waals surface area contributed by atoms with E-state index in [0.29, 0.717) is 5.92 Å². The van der Waals surface area contributed by atoms with Gasteiger partial charge in [-0.25, -0.2) is 0 Å². The molecule has 0 aliphatic carbocycles. The van der Waals surface area contributed by atoms with Crippen LogP contribution in [0, 0.1) is 5.92 Å². The van der Waals surface area contributed by atoms with E-state index in [1.807, 2.05) is 6.66 Å². The molecule has 0 saturated heterocycles. The third kappa shape index (κ3) is 2.26. The SMILES string of the molecule is CC(C)C(C)(C)[P+](C)(Cl)Cl. The first-order valence-electron chi connectivity index (χ1n) is 3.45. The molecule has 0 rings (SSSR count). The molecule has 0 unspecified atom stereocenters.